The average Bonchev–Trinajstić information content (AvgIpc) is 2.44. The lowest BCUT2D eigenvalue weighted by Gasteiger charge is -2.15. The Bertz CT molecular complexity index is 502. The number of amides is 1. The highest BCUT2D eigenvalue weighted by atomic mass is 16.2. The largest absolute Gasteiger partial charge is 0.316 e. The Morgan fingerprint density at radius 2 is 2.19 bits per heavy atom. The molecule has 1 amide bonds. The summed E-state index contributed by atoms with van der Waals surface area (Å²) in [4.78, 5) is 13.3. The molecule has 0 radical (unpaired) electrons. The Morgan fingerprint density at radius 1 is 1.50 bits per heavy atom. The van der Waals surface area contributed by atoms with Gasteiger partial charge in [0.05, 0.1) is 11.8 Å². The molecule has 2 rings (SSSR count). The van der Waals surface area contributed by atoms with E-state index >= 15 is 0 Å². The fraction of sp³-hybridized carbons (Fsp3) is 0.333. The molecule has 0 bridgehead atoms. The number of hydrogen-bond acceptors (Lipinski definition) is 3. The zero-order chi connectivity index (χ0) is 11.9. The maximum Gasteiger partial charge on any atom is 0.249 e. The summed E-state index contributed by atoms with van der Waals surface area (Å²) in [5.74, 6) is -0.190. The molecule has 4 heteroatoms. The quantitative estimate of drug-likeness (QED) is 0.715. The van der Waals surface area contributed by atoms with Gasteiger partial charge in [0.15, 0.2) is 0 Å². The van der Waals surface area contributed by atoms with Crippen molar-refractivity contribution in [3.63, 3.8) is 0 Å². The van der Waals surface area contributed by atoms with Gasteiger partial charge in [-0.2, -0.15) is 5.26 Å². The molecule has 4 nitrogen and oxygen atoms in total. The topological polar surface area (TPSA) is 70.1 Å². The van der Waals surface area contributed by atoms with Crippen molar-refractivity contribution < 1.29 is 4.79 Å². The van der Waals surface area contributed by atoms with E-state index in [4.69, 9.17) is 11.0 Å². The SMILES string of the molecule is Cc1cc(C)c2c(c1)C(N)C(=O)N2CC#N. The normalized spacial score (nSPS) is 18.5. The fourth-order valence-corrected chi connectivity index (χ4v) is 2.24. The monoisotopic (exact) mass is 215 g/mol. The first-order valence-electron chi connectivity index (χ1n) is 5.11. The van der Waals surface area contributed by atoms with Crippen molar-refractivity contribution in [2.75, 3.05) is 11.4 Å². The average molecular weight is 215 g/mol. The molecule has 0 saturated carbocycles. The summed E-state index contributed by atoms with van der Waals surface area (Å²) in [6.45, 7) is 3.96. The van der Waals surface area contributed by atoms with Crippen LogP contribution in [0.4, 0.5) is 5.69 Å². The second-order valence-electron chi connectivity index (χ2n) is 4.08. The van der Waals surface area contributed by atoms with Crippen LogP contribution in [0.1, 0.15) is 22.7 Å². The van der Waals surface area contributed by atoms with Crippen LogP contribution in [0.15, 0.2) is 12.1 Å². The highest BCUT2D eigenvalue weighted by Gasteiger charge is 2.35. The van der Waals surface area contributed by atoms with Gasteiger partial charge < -0.3 is 5.73 Å². The van der Waals surface area contributed by atoms with Crippen LogP contribution < -0.4 is 10.6 Å². The van der Waals surface area contributed by atoms with Crippen LogP contribution in [0.25, 0.3) is 0 Å². The van der Waals surface area contributed by atoms with Gasteiger partial charge in [-0.25, -0.2) is 0 Å². The molecular formula is C12H13N3O. The minimum absolute atomic E-state index is 0.0590. The minimum Gasteiger partial charge on any atom is -0.316 e. The Labute approximate surface area is 94.3 Å². The van der Waals surface area contributed by atoms with Crippen molar-refractivity contribution in [2.45, 2.75) is 19.9 Å². The van der Waals surface area contributed by atoms with Gasteiger partial charge in [0.25, 0.3) is 0 Å². The van der Waals surface area contributed by atoms with Crippen LogP contribution in [0.2, 0.25) is 0 Å². The summed E-state index contributed by atoms with van der Waals surface area (Å²) in [5.41, 5.74) is 9.56. The van der Waals surface area contributed by atoms with Gasteiger partial charge in [0.1, 0.15) is 12.6 Å². The smallest absolute Gasteiger partial charge is 0.249 e. The first-order chi connectivity index (χ1) is 7.56. The highest BCUT2D eigenvalue weighted by Crippen LogP contribution is 2.37. The van der Waals surface area contributed by atoms with E-state index in [2.05, 4.69) is 0 Å². The van der Waals surface area contributed by atoms with Gasteiger partial charge >= 0.3 is 0 Å². The van der Waals surface area contributed by atoms with Crippen molar-refractivity contribution in [2.24, 2.45) is 5.73 Å². The van der Waals surface area contributed by atoms with Crippen LogP contribution in [0.3, 0.4) is 0 Å². The van der Waals surface area contributed by atoms with Crippen LogP contribution in [-0.4, -0.2) is 12.5 Å². The maximum absolute atomic E-state index is 11.9. The fourth-order valence-electron chi connectivity index (χ4n) is 2.24. The molecule has 1 aromatic rings. The second-order valence-corrected chi connectivity index (χ2v) is 4.08. The number of carbonyl (C=O) groups is 1. The number of nitriles is 1. The zero-order valence-electron chi connectivity index (χ0n) is 9.32. The van der Waals surface area contributed by atoms with Gasteiger partial charge in [-0.1, -0.05) is 17.7 Å². The van der Waals surface area contributed by atoms with Crippen molar-refractivity contribution >= 4 is 11.6 Å². The van der Waals surface area contributed by atoms with E-state index in [1.807, 2.05) is 32.0 Å². The first-order valence-corrected chi connectivity index (χ1v) is 5.11. The molecule has 1 aliphatic rings. The van der Waals surface area contributed by atoms with Crippen molar-refractivity contribution in [1.29, 1.82) is 5.26 Å². The van der Waals surface area contributed by atoms with E-state index in [-0.39, 0.29) is 12.5 Å². The maximum atomic E-state index is 11.9. The number of nitrogens with zero attached hydrogens (tertiary/aromatic N) is 2. The summed E-state index contributed by atoms with van der Waals surface area (Å²) in [6.07, 6.45) is 0. The third-order valence-electron chi connectivity index (χ3n) is 2.84. The number of benzene rings is 1. The van der Waals surface area contributed by atoms with E-state index in [1.54, 1.807) is 0 Å². The molecule has 1 unspecified atom stereocenters. The minimum atomic E-state index is -0.623. The first kappa shape index (κ1) is 10.7. The van der Waals surface area contributed by atoms with Crippen LogP contribution in [-0.2, 0) is 4.79 Å². The lowest BCUT2D eigenvalue weighted by atomic mass is 10.0. The number of anilines is 1. The Hall–Kier alpha value is -1.86. The molecule has 0 saturated heterocycles. The molecule has 1 aromatic carbocycles. The van der Waals surface area contributed by atoms with E-state index in [0.717, 1.165) is 22.4 Å². The lowest BCUT2D eigenvalue weighted by molar-refractivity contribution is -0.119. The standard InChI is InChI=1S/C12H13N3O/c1-7-5-8(2)11-9(6-7)10(14)12(16)15(11)4-3-13/h5-6,10H,4,14H2,1-2H3. The zero-order valence-corrected chi connectivity index (χ0v) is 9.32. The number of carbonyl (C=O) groups excluding carboxylic acids is 1. The van der Waals surface area contributed by atoms with Crippen molar-refractivity contribution in [3.8, 4) is 6.07 Å². The molecule has 0 aliphatic carbocycles. The molecule has 1 heterocycles. The van der Waals surface area contributed by atoms with E-state index < -0.39 is 6.04 Å². The lowest BCUT2D eigenvalue weighted by Crippen LogP contribution is -2.32. The van der Waals surface area contributed by atoms with Gasteiger partial charge in [-0.15, -0.1) is 0 Å². The molecule has 2 N–H and O–H groups in total. The predicted octanol–water partition coefficient (Wildman–Crippen LogP) is 1.17. The van der Waals surface area contributed by atoms with E-state index in [0.29, 0.717) is 0 Å². The van der Waals surface area contributed by atoms with Crippen molar-refractivity contribution in [1.82, 2.24) is 0 Å². The summed E-state index contributed by atoms with van der Waals surface area (Å²) in [6, 6.07) is 5.28. The molecule has 0 aromatic heterocycles. The molecule has 0 spiro atoms. The second kappa shape index (κ2) is 3.62. The summed E-state index contributed by atoms with van der Waals surface area (Å²) in [7, 11) is 0. The van der Waals surface area contributed by atoms with Crippen LogP contribution >= 0.6 is 0 Å². The predicted molar refractivity (Wildman–Crippen MR) is 60.8 cm³/mol. The summed E-state index contributed by atoms with van der Waals surface area (Å²) >= 11 is 0. The Kier molecular flexibility index (Phi) is 2.41. The third kappa shape index (κ3) is 1.37. The number of fused-ring (bicyclic) bond motifs is 1. The number of nitrogens with two attached hydrogens (primary N) is 1. The molecular weight excluding hydrogens is 202 g/mol. The van der Waals surface area contributed by atoms with Gasteiger partial charge in [0, 0.05) is 5.56 Å². The van der Waals surface area contributed by atoms with Crippen LogP contribution in [0, 0.1) is 25.2 Å². The van der Waals surface area contributed by atoms with E-state index in [9.17, 15) is 4.79 Å². The molecule has 82 valence electrons. The Morgan fingerprint density at radius 3 is 2.81 bits per heavy atom. The van der Waals surface area contributed by atoms with E-state index in [1.165, 1.54) is 4.90 Å². The van der Waals surface area contributed by atoms with Crippen LogP contribution in [0.5, 0.6) is 0 Å². The number of rotatable bonds is 1. The van der Waals surface area contributed by atoms with Gasteiger partial charge in [0.2, 0.25) is 5.91 Å². The molecule has 16 heavy (non-hydrogen) atoms. The van der Waals surface area contributed by atoms with Crippen molar-refractivity contribution in [3.05, 3.63) is 28.8 Å². The molecule has 1 aliphatic heterocycles. The third-order valence-corrected chi connectivity index (χ3v) is 2.84. The Balaban J connectivity index is 2.61. The number of hydrogen-bond donors (Lipinski definition) is 1. The van der Waals surface area contributed by atoms with Gasteiger partial charge in [-0.05, 0) is 19.4 Å². The van der Waals surface area contributed by atoms with Gasteiger partial charge in [-0.3, -0.25) is 9.69 Å². The summed E-state index contributed by atoms with van der Waals surface area (Å²) < 4.78 is 0. The highest BCUT2D eigenvalue weighted by molar-refractivity contribution is 6.05. The molecule has 1 atom stereocenters. The number of aryl methyl sites for hydroxylation is 2. The molecule has 0 fully saturated rings. The summed E-state index contributed by atoms with van der Waals surface area (Å²) in [5, 5.41) is 8.72.